The maximum absolute atomic E-state index is 6.62. The van der Waals surface area contributed by atoms with Crippen LogP contribution in [0.25, 0.3) is 66.3 Å². The molecule has 9 aromatic rings. The van der Waals surface area contributed by atoms with E-state index in [1.165, 1.54) is 32.9 Å². The predicted molar refractivity (Wildman–Crippen MR) is 196 cm³/mol. The Hall–Kier alpha value is -6.39. The minimum absolute atomic E-state index is 0.268. The van der Waals surface area contributed by atoms with Crippen LogP contribution < -0.4 is 15.9 Å². The smallest absolute Gasteiger partial charge is 0.146 e. The number of benzene rings is 7. The van der Waals surface area contributed by atoms with Gasteiger partial charge in [0.05, 0.1) is 22.1 Å². The first-order chi connectivity index (χ1) is 23.8. The average Bonchev–Trinajstić information content (AvgIpc) is 3.70. The lowest BCUT2D eigenvalue weighted by Gasteiger charge is -2.23. The average molecular weight is 616 g/mol. The molecule has 0 bridgehead atoms. The van der Waals surface area contributed by atoms with E-state index in [9.17, 15) is 0 Å². The summed E-state index contributed by atoms with van der Waals surface area (Å²) in [5, 5.41) is 10.5. The van der Waals surface area contributed by atoms with Crippen molar-refractivity contribution in [3.05, 3.63) is 185 Å². The first-order valence-corrected chi connectivity index (χ1v) is 16.3. The highest BCUT2D eigenvalue weighted by Crippen LogP contribution is 2.39. The zero-order valence-electron chi connectivity index (χ0n) is 26.0. The van der Waals surface area contributed by atoms with Crippen LogP contribution in [0.5, 0.6) is 0 Å². The van der Waals surface area contributed by atoms with Crippen LogP contribution >= 0.6 is 0 Å². The summed E-state index contributed by atoms with van der Waals surface area (Å²) in [4.78, 5) is 5.21. The fraction of sp³-hybridized carbons (Fsp3) is 0.0227. The second kappa shape index (κ2) is 10.6. The van der Waals surface area contributed by atoms with Crippen molar-refractivity contribution < 1.29 is 4.42 Å². The lowest BCUT2D eigenvalue weighted by atomic mass is 10.0. The van der Waals surface area contributed by atoms with Crippen LogP contribution in [0.15, 0.2) is 173 Å². The monoisotopic (exact) mass is 615 g/mol. The van der Waals surface area contributed by atoms with Gasteiger partial charge in [0.15, 0.2) is 0 Å². The van der Waals surface area contributed by atoms with Crippen LogP contribution in [0.2, 0.25) is 0 Å². The van der Waals surface area contributed by atoms with Crippen LogP contribution in [0, 0.1) is 0 Å². The molecule has 7 aromatic carbocycles. The molecule has 1 unspecified atom stereocenters. The molecule has 0 fully saturated rings. The van der Waals surface area contributed by atoms with Crippen LogP contribution in [-0.2, 0) is 0 Å². The van der Waals surface area contributed by atoms with E-state index in [1.807, 2.05) is 0 Å². The van der Waals surface area contributed by atoms with Crippen molar-refractivity contribution >= 4 is 49.4 Å². The second-order valence-electron chi connectivity index (χ2n) is 12.4. The summed E-state index contributed by atoms with van der Waals surface area (Å²) in [5.41, 5.74) is 10.8. The zero-order chi connectivity index (χ0) is 31.6. The topological polar surface area (TPSA) is 42.5 Å². The van der Waals surface area contributed by atoms with Crippen molar-refractivity contribution in [2.24, 2.45) is 4.99 Å². The second-order valence-corrected chi connectivity index (χ2v) is 12.4. The molecule has 226 valence electrons. The molecule has 0 aliphatic carbocycles. The van der Waals surface area contributed by atoms with Gasteiger partial charge in [-0.3, -0.25) is 4.99 Å². The van der Waals surface area contributed by atoms with Gasteiger partial charge in [-0.25, -0.2) is 0 Å². The van der Waals surface area contributed by atoms with Gasteiger partial charge in [0, 0.05) is 44.1 Å². The number of rotatable bonds is 4. The van der Waals surface area contributed by atoms with Crippen LogP contribution in [0.4, 0.5) is 0 Å². The van der Waals surface area contributed by atoms with Crippen LogP contribution in [-0.4, -0.2) is 4.57 Å². The fourth-order valence-corrected chi connectivity index (χ4v) is 7.44. The number of hydrogen-bond donors (Lipinski definition) is 1. The van der Waals surface area contributed by atoms with E-state index in [-0.39, 0.29) is 6.17 Å². The Morgan fingerprint density at radius 3 is 2.15 bits per heavy atom. The number of nitrogens with one attached hydrogen (secondary N) is 1. The molecule has 2 aromatic heterocycles. The maximum Gasteiger partial charge on any atom is 0.146 e. The highest BCUT2D eigenvalue weighted by Gasteiger charge is 2.22. The van der Waals surface area contributed by atoms with E-state index in [2.05, 4.69) is 174 Å². The highest BCUT2D eigenvalue weighted by atomic mass is 16.3. The molecule has 0 saturated carbocycles. The normalized spacial score (nSPS) is 14.3. The molecule has 10 rings (SSSR count). The number of nitrogens with zero attached hydrogens (tertiary/aromatic N) is 2. The Balaban J connectivity index is 1.13. The van der Waals surface area contributed by atoms with Gasteiger partial charge in [0.2, 0.25) is 0 Å². The molecule has 0 spiro atoms. The summed E-state index contributed by atoms with van der Waals surface area (Å²) in [6, 6.07) is 57.8. The number of furan rings is 1. The van der Waals surface area contributed by atoms with Gasteiger partial charge in [-0.2, -0.15) is 0 Å². The van der Waals surface area contributed by atoms with Gasteiger partial charge in [-0.05, 0) is 59.2 Å². The van der Waals surface area contributed by atoms with Gasteiger partial charge >= 0.3 is 0 Å². The number of aromatic nitrogens is 1. The van der Waals surface area contributed by atoms with E-state index in [1.54, 1.807) is 0 Å². The quantitative estimate of drug-likeness (QED) is 0.214. The Morgan fingerprint density at radius 1 is 0.521 bits per heavy atom. The van der Waals surface area contributed by atoms with Crippen molar-refractivity contribution in [2.45, 2.75) is 6.17 Å². The predicted octanol–water partition coefficient (Wildman–Crippen LogP) is 9.43. The summed E-state index contributed by atoms with van der Waals surface area (Å²) < 4.78 is 8.97. The van der Waals surface area contributed by atoms with E-state index in [0.717, 1.165) is 55.0 Å². The maximum atomic E-state index is 6.62. The SMILES string of the molecule is c1ccc(C2=c3ccccc3=NC(c3cccc4oc5cc(-n6c7ccccc7c7cc(-c8ccccc8)ccc76)ccc5c34)N2)cc1. The molecule has 4 heteroatoms. The van der Waals surface area contributed by atoms with E-state index in [0.29, 0.717) is 0 Å². The van der Waals surface area contributed by atoms with Crippen molar-refractivity contribution in [3.63, 3.8) is 0 Å². The molecule has 0 radical (unpaired) electrons. The Kier molecular flexibility index (Phi) is 5.90. The Morgan fingerprint density at radius 2 is 1.27 bits per heavy atom. The van der Waals surface area contributed by atoms with Gasteiger partial charge in [0.1, 0.15) is 17.3 Å². The van der Waals surface area contributed by atoms with Crippen molar-refractivity contribution in [1.82, 2.24) is 9.88 Å². The van der Waals surface area contributed by atoms with Gasteiger partial charge in [0.25, 0.3) is 0 Å². The summed E-state index contributed by atoms with van der Waals surface area (Å²) in [6.45, 7) is 0. The minimum Gasteiger partial charge on any atom is -0.456 e. The van der Waals surface area contributed by atoms with E-state index >= 15 is 0 Å². The highest BCUT2D eigenvalue weighted by molar-refractivity contribution is 6.11. The number of fused-ring (bicyclic) bond motifs is 7. The third kappa shape index (κ3) is 4.13. The minimum atomic E-state index is -0.268. The number of para-hydroxylation sites is 2. The molecule has 3 heterocycles. The molecule has 1 atom stereocenters. The summed E-state index contributed by atoms with van der Waals surface area (Å²) in [5.74, 6) is 0. The van der Waals surface area contributed by atoms with Gasteiger partial charge in [-0.15, -0.1) is 0 Å². The molecule has 1 aliphatic heterocycles. The standard InChI is InChI=1S/C44H29N3O/c1-3-12-28(13-4-1)30-22-25-39-36(26-30)32-16-8-10-20-38(32)47(39)31-23-24-34-41(27-31)48-40-21-11-18-35(42(34)40)44-45-37-19-9-7-17-33(37)43(46-44)29-14-5-2-6-15-29/h1-27,44,46H. The molecule has 0 amide bonds. The summed E-state index contributed by atoms with van der Waals surface area (Å²) in [7, 11) is 0. The zero-order valence-corrected chi connectivity index (χ0v) is 26.0. The van der Waals surface area contributed by atoms with E-state index < -0.39 is 0 Å². The third-order valence-electron chi connectivity index (χ3n) is 9.63. The Labute approximate surface area is 276 Å². The first kappa shape index (κ1) is 26.8. The largest absolute Gasteiger partial charge is 0.456 e. The van der Waals surface area contributed by atoms with Crippen molar-refractivity contribution in [3.8, 4) is 16.8 Å². The lowest BCUT2D eigenvalue weighted by Crippen LogP contribution is -2.39. The van der Waals surface area contributed by atoms with Crippen LogP contribution in [0.1, 0.15) is 17.3 Å². The summed E-state index contributed by atoms with van der Waals surface area (Å²) >= 11 is 0. The van der Waals surface area contributed by atoms with Crippen molar-refractivity contribution in [2.75, 3.05) is 0 Å². The van der Waals surface area contributed by atoms with Gasteiger partial charge < -0.3 is 14.3 Å². The van der Waals surface area contributed by atoms with Gasteiger partial charge in [-0.1, -0.05) is 115 Å². The molecular weight excluding hydrogens is 587 g/mol. The van der Waals surface area contributed by atoms with Crippen molar-refractivity contribution in [1.29, 1.82) is 0 Å². The molecule has 1 aliphatic rings. The lowest BCUT2D eigenvalue weighted by molar-refractivity contribution is 0.636. The first-order valence-electron chi connectivity index (χ1n) is 16.3. The molecule has 0 saturated heterocycles. The van der Waals surface area contributed by atoms with E-state index in [4.69, 9.17) is 9.41 Å². The molecule has 1 N–H and O–H groups in total. The molecule has 4 nitrogen and oxygen atoms in total. The third-order valence-corrected chi connectivity index (χ3v) is 9.63. The summed E-state index contributed by atoms with van der Waals surface area (Å²) in [6.07, 6.45) is -0.268. The fourth-order valence-electron chi connectivity index (χ4n) is 7.44. The van der Waals surface area contributed by atoms with Crippen LogP contribution in [0.3, 0.4) is 0 Å². The number of hydrogen-bond acceptors (Lipinski definition) is 3. The Bertz CT molecular complexity index is 2810. The molecular formula is C44H29N3O. The molecule has 48 heavy (non-hydrogen) atoms.